The van der Waals surface area contributed by atoms with Crippen molar-refractivity contribution in [3.8, 4) is 11.1 Å². The number of carbonyl (C=O) groups excluding carboxylic acids is 1. The van der Waals surface area contributed by atoms with E-state index in [2.05, 4.69) is 4.98 Å². The molecule has 2 heterocycles. The Bertz CT molecular complexity index is 966. The first-order valence-electron chi connectivity index (χ1n) is 8.20. The number of nitrogen functional groups attached to an aromatic ring is 1. The maximum atomic E-state index is 13.3. The predicted molar refractivity (Wildman–Crippen MR) is 92.1 cm³/mol. The molecule has 4 nitrogen and oxygen atoms in total. The summed E-state index contributed by atoms with van der Waals surface area (Å²) in [6.45, 7) is -0.444. The molecule has 1 saturated carbocycles. The molecular formula is C19H17F2N3O. The molecule has 2 N–H and O–H groups in total. The Hall–Kier alpha value is -2.76. The number of nitrogens with two attached hydrogens (primary N) is 1. The van der Waals surface area contributed by atoms with Crippen LogP contribution >= 0.6 is 0 Å². The lowest BCUT2D eigenvalue weighted by atomic mass is 9.99. The van der Waals surface area contributed by atoms with Gasteiger partial charge in [0.25, 0.3) is 0 Å². The largest absolute Gasteiger partial charge is 0.382 e. The number of nitrogens with zero attached hydrogens (tertiary/aromatic N) is 2. The predicted octanol–water partition coefficient (Wildman–Crippen LogP) is 3.64. The number of alkyl halides is 2. The van der Waals surface area contributed by atoms with Gasteiger partial charge in [-0.25, -0.2) is 9.37 Å². The Kier molecular flexibility index (Phi) is 3.75. The van der Waals surface area contributed by atoms with Gasteiger partial charge in [-0.2, -0.15) is 0 Å². The highest BCUT2D eigenvalue weighted by Gasteiger charge is 2.45. The SMILES string of the molecule is Nc1nc2ccc(-c3ccccc3CCF)cn2c1C(=O)[C@@H]1C[C@@H]1F. The van der Waals surface area contributed by atoms with E-state index in [0.29, 0.717) is 12.1 Å². The summed E-state index contributed by atoms with van der Waals surface area (Å²) in [6.07, 6.45) is 1.23. The molecule has 2 aromatic heterocycles. The average molecular weight is 341 g/mol. The summed E-state index contributed by atoms with van der Waals surface area (Å²) >= 11 is 0. The van der Waals surface area contributed by atoms with Gasteiger partial charge in [-0.1, -0.05) is 24.3 Å². The van der Waals surface area contributed by atoms with Crippen molar-refractivity contribution in [1.82, 2.24) is 9.38 Å². The zero-order valence-corrected chi connectivity index (χ0v) is 13.5. The third-order valence-corrected chi connectivity index (χ3v) is 4.62. The highest BCUT2D eigenvalue weighted by molar-refractivity contribution is 6.03. The number of hydrogen-bond donors (Lipinski definition) is 1. The molecule has 2 atom stereocenters. The molecule has 4 rings (SSSR count). The van der Waals surface area contributed by atoms with E-state index in [1.54, 1.807) is 16.7 Å². The fraction of sp³-hybridized carbons (Fsp3) is 0.263. The number of pyridine rings is 1. The molecule has 0 amide bonds. The first-order valence-corrected chi connectivity index (χ1v) is 8.20. The van der Waals surface area contributed by atoms with E-state index in [1.165, 1.54) is 0 Å². The van der Waals surface area contributed by atoms with Crippen LogP contribution in [-0.2, 0) is 6.42 Å². The van der Waals surface area contributed by atoms with Crippen LogP contribution in [0, 0.1) is 5.92 Å². The number of hydrogen-bond acceptors (Lipinski definition) is 3. The number of aryl methyl sites for hydroxylation is 1. The van der Waals surface area contributed by atoms with E-state index < -0.39 is 18.8 Å². The third-order valence-electron chi connectivity index (χ3n) is 4.62. The van der Waals surface area contributed by atoms with Crippen molar-refractivity contribution in [2.24, 2.45) is 5.92 Å². The van der Waals surface area contributed by atoms with Crippen LogP contribution in [0.15, 0.2) is 42.6 Å². The zero-order valence-electron chi connectivity index (χ0n) is 13.5. The maximum Gasteiger partial charge on any atom is 0.189 e. The minimum atomic E-state index is -1.09. The van der Waals surface area contributed by atoms with Gasteiger partial charge in [0, 0.05) is 12.6 Å². The number of Topliss-reactive ketones (excluding diaryl/α,β-unsaturated/α-hetero) is 1. The van der Waals surface area contributed by atoms with Crippen molar-refractivity contribution in [2.75, 3.05) is 12.4 Å². The summed E-state index contributed by atoms with van der Waals surface area (Å²) in [4.78, 5) is 16.7. The number of fused-ring (bicyclic) bond motifs is 1. The fourth-order valence-corrected chi connectivity index (χ4v) is 3.20. The van der Waals surface area contributed by atoms with Crippen molar-refractivity contribution in [1.29, 1.82) is 0 Å². The van der Waals surface area contributed by atoms with E-state index in [1.807, 2.05) is 30.3 Å². The molecule has 3 aromatic rings. The minimum absolute atomic E-state index is 0.110. The molecule has 0 spiro atoms. The summed E-state index contributed by atoms with van der Waals surface area (Å²) in [7, 11) is 0. The number of rotatable bonds is 5. The van der Waals surface area contributed by atoms with Crippen molar-refractivity contribution < 1.29 is 13.6 Å². The molecule has 0 aliphatic heterocycles. The third kappa shape index (κ3) is 2.67. The Balaban J connectivity index is 1.84. The minimum Gasteiger partial charge on any atom is -0.382 e. The van der Waals surface area contributed by atoms with Gasteiger partial charge in [-0.05, 0) is 35.2 Å². The van der Waals surface area contributed by atoms with Gasteiger partial charge in [0.2, 0.25) is 0 Å². The van der Waals surface area contributed by atoms with E-state index in [9.17, 15) is 13.6 Å². The molecule has 0 bridgehead atoms. The smallest absolute Gasteiger partial charge is 0.189 e. The molecule has 0 unspecified atom stereocenters. The number of benzene rings is 1. The maximum absolute atomic E-state index is 13.3. The average Bonchev–Trinajstić information content (AvgIpc) is 3.24. The molecule has 6 heteroatoms. The van der Waals surface area contributed by atoms with Crippen LogP contribution in [0.3, 0.4) is 0 Å². The fourth-order valence-electron chi connectivity index (χ4n) is 3.20. The van der Waals surface area contributed by atoms with Crippen LogP contribution in [0.1, 0.15) is 22.5 Å². The molecule has 1 aliphatic rings. The quantitative estimate of drug-likeness (QED) is 0.721. The summed E-state index contributed by atoms with van der Waals surface area (Å²) in [6, 6.07) is 11.2. The van der Waals surface area contributed by atoms with Gasteiger partial charge in [0.05, 0.1) is 12.6 Å². The Morgan fingerprint density at radius 2 is 2.04 bits per heavy atom. The lowest BCUT2D eigenvalue weighted by Crippen LogP contribution is -2.10. The molecule has 1 fully saturated rings. The first-order chi connectivity index (χ1) is 12.1. The number of anilines is 1. The van der Waals surface area contributed by atoms with Crippen LogP contribution in [0.25, 0.3) is 16.8 Å². The number of halogens is 2. The summed E-state index contributed by atoms with van der Waals surface area (Å²) < 4.78 is 27.7. The van der Waals surface area contributed by atoms with Crippen LogP contribution in [0.4, 0.5) is 14.6 Å². The summed E-state index contributed by atoms with van der Waals surface area (Å²) in [5, 5.41) is 0. The standard InChI is InChI=1S/C19H17F2N3O/c20-8-7-11-3-1-2-4-13(11)12-5-6-16-23-19(22)17(24(16)10-12)18(25)14-9-15(14)21/h1-6,10,14-15H,7-9,22H2/t14-,15+/m1/s1. The zero-order chi connectivity index (χ0) is 17.6. The normalized spacial score (nSPS) is 19.3. The van der Waals surface area contributed by atoms with Crippen LogP contribution in [0.2, 0.25) is 0 Å². The second-order valence-electron chi connectivity index (χ2n) is 6.31. The Labute approximate surface area is 143 Å². The second-order valence-corrected chi connectivity index (χ2v) is 6.31. The second kappa shape index (κ2) is 5.95. The topological polar surface area (TPSA) is 60.4 Å². The molecule has 1 aliphatic carbocycles. The number of ketones is 1. The number of aromatic nitrogens is 2. The van der Waals surface area contributed by atoms with Crippen LogP contribution < -0.4 is 5.73 Å². The number of carbonyl (C=O) groups is 1. The monoisotopic (exact) mass is 341 g/mol. The molecular weight excluding hydrogens is 324 g/mol. The molecule has 128 valence electrons. The van der Waals surface area contributed by atoms with Crippen molar-refractivity contribution in [2.45, 2.75) is 19.0 Å². The van der Waals surface area contributed by atoms with Gasteiger partial charge in [0.1, 0.15) is 17.5 Å². The number of imidazole rings is 1. The van der Waals surface area contributed by atoms with E-state index in [4.69, 9.17) is 5.73 Å². The highest BCUT2D eigenvalue weighted by Crippen LogP contribution is 2.38. The van der Waals surface area contributed by atoms with E-state index >= 15 is 0 Å². The van der Waals surface area contributed by atoms with Crippen molar-refractivity contribution in [3.63, 3.8) is 0 Å². The van der Waals surface area contributed by atoms with Gasteiger partial charge in [-0.15, -0.1) is 0 Å². The van der Waals surface area contributed by atoms with E-state index in [-0.39, 0.29) is 23.7 Å². The Morgan fingerprint density at radius 3 is 2.76 bits per heavy atom. The van der Waals surface area contributed by atoms with Gasteiger partial charge < -0.3 is 5.73 Å². The molecule has 0 saturated heterocycles. The Morgan fingerprint density at radius 1 is 1.28 bits per heavy atom. The van der Waals surface area contributed by atoms with Crippen LogP contribution in [-0.4, -0.2) is 28.0 Å². The first kappa shape index (κ1) is 15.7. The van der Waals surface area contributed by atoms with Crippen molar-refractivity contribution in [3.05, 3.63) is 53.9 Å². The van der Waals surface area contributed by atoms with Gasteiger partial charge in [0.15, 0.2) is 11.6 Å². The lowest BCUT2D eigenvalue weighted by molar-refractivity contribution is 0.0952. The molecule has 1 aromatic carbocycles. The summed E-state index contributed by atoms with van der Waals surface area (Å²) in [5.41, 5.74) is 9.27. The molecule has 0 radical (unpaired) electrons. The summed E-state index contributed by atoms with van der Waals surface area (Å²) in [5.74, 6) is -0.824. The molecule has 25 heavy (non-hydrogen) atoms. The van der Waals surface area contributed by atoms with E-state index in [0.717, 1.165) is 16.7 Å². The van der Waals surface area contributed by atoms with Gasteiger partial charge >= 0.3 is 0 Å². The lowest BCUT2D eigenvalue weighted by Gasteiger charge is -2.09. The highest BCUT2D eigenvalue weighted by atomic mass is 19.1. The van der Waals surface area contributed by atoms with Crippen LogP contribution in [0.5, 0.6) is 0 Å². The van der Waals surface area contributed by atoms with Gasteiger partial charge in [-0.3, -0.25) is 13.6 Å². The van der Waals surface area contributed by atoms with Crippen molar-refractivity contribution >= 4 is 17.2 Å².